The number of aromatic nitrogens is 1. The van der Waals surface area contributed by atoms with Gasteiger partial charge in [-0.15, -0.1) is 0 Å². The Bertz CT molecular complexity index is 1370. The third kappa shape index (κ3) is 5.12. The monoisotopic (exact) mass is 527 g/mol. The summed E-state index contributed by atoms with van der Waals surface area (Å²) >= 11 is 0. The Morgan fingerprint density at radius 3 is 2.41 bits per heavy atom. The van der Waals surface area contributed by atoms with Gasteiger partial charge in [-0.1, -0.05) is 30.3 Å². The number of carbonyl (C=O) groups excluding carboxylic acids is 1. The van der Waals surface area contributed by atoms with E-state index in [-0.39, 0.29) is 23.4 Å². The molecule has 37 heavy (non-hydrogen) atoms. The van der Waals surface area contributed by atoms with Gasteiger partial charge < -0.3 is 23.5 Å². The van der Waals surface area contributed by atoms with Crippen LogP contribution in [0.25, 0.3) is 0 Å². The number of aryl methyl sites for hydroxylation is 2. The average Bonchev–Trinajstić information content (AvgIpc) is 3.37. The van der Waals surface area contributed by atoms with Gasteiger partial charge in [0.25, 0.3) is 15.9 Å². The highest BCUT2D eigenvalue weighted by Gasteiger charge is 2.56. The summed E-state index contributed by atoms with van der Waals surface area (Å²) in [6.45, 7) is 7.65. The number of hydrogen-bond donors (Lipinski definition) is 1. The van der Waals surface area contributed by atoms with Crippen molar-refractivity contribution in [3.8, 4) is 0 Å². The van der Waals surface area contributed by atoms with E-state index in [0.29, 0.717) is 23.7 Å². The molecule has 3 heterocycles. The summed E-state index contributed by atoms with van der Waals surface area (Å²) in [7, 11) is -3.94. The molecule has 11 heteroatoms. The molecule has 2 aromatic carbocycles. The zero-order valence-corrected chi connectivity index (χ0v) is 21.8. The first-order valence-corrected chi connectivity index (χ1v) is 13.4. The number of ether oxygens (including phenoxy) is 3. The van der Waals surface area contributed by atoms with E-state index in [1.807, 2.05) is 44.2 Å². The number of anilines is 2. The summed E-state index contributed by atoms with van der Waals surface area (Å²) in [4.78, 5) is 18.9. The van der Waals surface area contributed by atoms with E-state index < -0.39 is 34.1 Å². The van der Waals surface area contributed by atoms with Gasteiger partial charge in [0.15, 0.2) is 11.9 Å². The van der Waals surface area contributed by atoms with Crippen LogP contribution in [0.4, 0.5) is 11.7 Å². The zero-order chi connectivity index (χ0) is 26.4. The molecule has 3 aromatic rings. The second kappa shape index (κ2) is 9.56. The first-order chi connectivity index (χ1) is 17.5. The number of benzene rings is 2. The van der Waals surface area contributed by atoms with Crippen molar-refractivity contribution >= 4 is 27.6 Å². The molecular weight excluding hydrogens is 498 g/mol. The van der Waals surface area contributed by atoms with Crippen LogP contribution in [0.1, 0.15) is 30.9 Å². The Labute approximate surface area is 215 Å². The summed E-state index contributed by atoms with van der Waals surface area (Å²) in [6.07, 6.45) is -1.13. The van der Waals surface area contributed by atoms with Crippen molar-refractivity contribution in [3.63, 3.8) is 0 Å². The number of hydrogen-bond acceptors (Lipinski definition) is 8. The highest BCUT2D eigenvalue weighted by atomic mass is 32.2. The lowest BCUT2D eigenvalue weighted by atomic mass is 9.91. The van der Waals surface area contributed by atoms with Crippen LogP contribution >= 0.6 is 0 Å². The summed E-state index contributed by atoms with van der Waals surface area (Å²) in [6, 6.07) is 15.1. The third-order valence-electron chi connectivity index (χ3n) is 6.45. The molecular formula is C26H29N3O7S. The molecule has 0 saturated carbocycles. The van der Waals surface area contributed by atoms with Crippen molar-refractivity contribution in [2.45, 2.75) is 63.2 Å². The Morgan fingerprint density at radius 2 is 1.81 bits per heavy atom. The second-order valence-corrected chi connectivity index (χ2v) is 11.2. The van der Waals surface area contributed by atoms with Crippen LogP contribution in [0.5, 0.6) is 0 Å². The van der Waals surface area contributed by atoms with E-state index in [1.165, 1.54) is 12.1 Å². The van der Waals surface area contributed by atoms with Gasteiger partial charge in [-0.05, 0) is 57.5 Å². The standard InChI is InChI=1S/C26H29N3O7S/c1-16-17(2)35-25(27-16)28-37(31,32)20-12-10-19(11-13-20)29-22(21-15-34-26(3,4)36-21)23(24(29)30)33-14-18-8-6-5-7-9-18/h5-13,21-23H,14-15H2,1-4H3,(H,27,28)/t21-,22+,23-/m0/s1. The molecule has 0 unspecified atom stereocenters. The van der Waals surface area contributed by atoms with Crippen molar-refractivity contribution in [2.75, 3.05) is 16.2 Å². The van der Waals surface area contributed by atoms with E-state index in [9.17, 15) is 13.2 Å². The fourth-order valence-corrected chi connectivity index (χ4v) is 5.36. The van der Waals surface area contributed by atoms with E-state index >= 15 is 0 Å². The molecule has 3 atom stereocenters. The van der Waals surface area contributed by atoms with Gasteiger partial charge >= 0.3 is 6.01 Å². The summed E-state index contributed by atoms with van der Waals surface area (Å²) < 4.78 is 51.2. The average molecular weight is 528 g/mol. The molecule has 196 valence electrons. The van der Waals surface area contributed by atoms with E-state index in [4.69, 9.17) is 18.6 Å². The maximum absolute atomic E-state index is 13.2. The summed E-state index contributed by atoms with van der Waals surface area (Å²) in [5.74, 6) is -0.478. The molecule has 2 aliphatic rings. The molecule has 2 fully saturated rings. The highest BCUT2D eigenvalue weighted by Crippen LogP contribution is 2.38. The van der Waals surface area contributed by atoms with Crippen molar-refractivity contribution in [1.29, 1.82) is 0 Å². The first-order valence-electron chi connectivity index (χ1n) is 11.9. The Morgan fingerprint density at radius 1 is 1.11 bits per heavy atom. The van der Waals surface area contributed by atoms with Gasteiger partial charge in [0, 0.05) is 5.69 Å². The topological polar surface area (TPSA) is 120 Å². The van der Waals surface area contributed by atoms with E-state index in [1.54, 1.807) is 30.9 Å². The number of carbonyl (C=O) groups is 1. The maximum atomic E-state index is 13.2. The minimum atomic E-state index is -3.94. The van der Waals surface area contributed by atoms with Crippen LogP contribution in [0.2, 0.25) is 0 Å². The number of nitrogens with zero attached hydrogens (tertiary/aromatic N) is 2. The molecule has 2 saturated heterocycles. The van der Waals surface area contributed by atoms with E-state index in [2.05, 4.69) is 9.71 Å². The highest BCUT2D eigenvalue weighted by molar-refractivity contribution is 7.92. The van der Waals surface area contributed by atoms with Crippen molar-refractivity contribution < 1.29 is 31.8 Å². The largest absolute Gasteiger partial charge is 0.428 e. The molecule has 0 spiro atoms. The van der Waals surface area contributed by atoms with Gasteiger partial charge in [-0.25, -0.2) is 13.1 Å². The fourth-order valence-electron chi connectivity index (χ4n) is 4.43. The van der Waals surface area contributed by atoms with Gasteiger partial charge in [-0.3, -0.25) is 4.79 Å². The number of sulfonamides is 1. The Kier molecular flexibility index (Phi) is 6.57. The molecule has 1 amide bonds. The van der Waals surface area contributed by atoms with Gasteiger partial charge in [0.1, 0.15) is 17.9 Å². The van der Waals surface area contributed by atoms with Crippen LogP contribution in [0, 0.1) is 13.8 Å². The van der Waals surface area contributed by atoms with Crippen LogP contribution in [-0.2, 0) is 35.6 Å². The quantitative estimate of drug-likeness (QED) is 0.442. The lowest BCUT2D eigenvalue weighted by molar-refractivity contribution is -0.164. The molecule has 0 aliphatic carbocycles. The lowest BCUT2D eigenvalue weighted by Gasteiger charge is -2.48. The molecule has 10 nitrogen and oxygen atoms in total. The molecule has 2 aliphatic heterocycles. The number of oxazole rings is 1. The predicted molar refractivity (Wildman–Crippen MR) is 134 cm³/mol. The summed E-state index contributed by atoms with van der Waals surface area (Å²) in [5, 5.41) is 0. The van der Waals surface area contributed by atoms with Crippen LogP contribution in [-0.4, -0.2) is 50.0 Å². The minimum absolute atomic E-state index is 0.00717. The number of β-lactam (4-membered cyclic amide) rings is 1. The van der Waals surface area contributed by atoms with Crippen molar-refractivity contribution in [3.05, 3.63) is 71.6 Å². The third-order valence-corrected chi connectivity index (χ3v) is 7.78. The second-order valence-electron chi connectivity index (χ2n) is 9.54. The Hall–Kier alpha value is -3.25. The number of rotatable bonds is 8. The van der Waals surface area contributed by atoms with Crippen molar-refractivity contribution in [1.82, 2.24) is 4.98 Å². The van der Waals surface area contributed by atoms with Crippen LogP contribution < -0.4 is 9.62 Å². The fraction of sp³-hybridized carbons (Fsp3) is 0.385. The summed E-state index contributed by atoms with van der Waals surface area (Å²) in [5.41, 5.74) is 2.08. The smallest absolute Gasteiger partial charge is 0.309 e. The normalized spacial score (nSPS) is 23.2. The zero-order valence-electron chi connectivity index (χ0n) is 21.0. The SMILES string of the molecule is Cc1nc(NS(=O)(=O)c2ccc(N3C(=O)[C@@H](OCc4ccccc4)[C@H]3[C@@H]3COC(C)(C)O3)cc2)oc1C. The van der Waals surface area contributed by atoms with Gasteiger partial charge in [0.05, 0.1) is 23.8 Å². The minimum Gasteiger partial charge on any atom is -0.428 e. The van der Waals surface area contributed by atoms with Crippen molar-refractivity contribution in [2.24, 2.45) is 0 Å². The Balaban J connectivity index is 1.35. The van der Waals surface area contributed by atoms with Crippen LogP contribution in [0.15, 0.2) is 63.9 Å². The predicted octanol–water partition coefficient (Wildman–Crippen LogP) is 3.54. The molecule has 1 N–H and O–H groups in total. The molecule has 5 rings (SSSR count). The van der Waals surface area contributed by atoms with Crippen LogP contribution in [0.3, 0.4) is 0 Å². The number of nitrogens with one attached hydrogen (secondary N) is 1. The molecule has 0 bridgehead atoms. The van der Waals surface area contributed by atoms with Gasteiger partial charge in [-0.2, -0.15) is 4.98 Å². The van der Waals surface area contributed by atoms with E-state index in [0.717, 1.165) is 5.56 Å². The first kappa shape index (κ1) is 25.4. The number of amides is 1. The van der Waals surface area contributed by atoms with Gasteiger partial charge in [0.2, 0.25) is 0 Å². The molecule has 0 radical (unpaired) electrons. The molecule has 1 aromatic heterocycles. The lowest BCUT2D eigenvalue weighted by Crippen LogP contribution is -2.70. The maximum Gasteiger partial charge on any atom is 0.309 e.